The molecular formula is C13H18N2O5. The predicted octanol–water partition coefficient (Wildman–Crippen LogP) is 2.29. The first-order chi connectivity index (χ1) is 9.42. The lowest BCUT2D eigenvalue weighted by atomic mass is 10.1. The van der Waals surface area contributed by atoms with Gasteiger partial charge in [0.1, 0.15) is 12.2 Å². The Balaban J connectivity index is 3.38. The summed E-state index contributed by atoms with van der Waals surface area (Å²) in [6.45, 7) is 3.42. The Kier molecular flexibility index (Phi) is 5.31. The van der Waals surface area contributed by atoms with E-state index in [2.05, 4.69) is 0 Å². The largest absolute Gasteiger partial charge is 0.490 e. The fraction of sp³-hybridized carbons (Fsp3) is 0.462. The van der Waals surface area contributed by atoms with Crippen LogP contribution in [-0.4, -0.2) is 35.7 Å². The second kappa shape index (κ2) is 6.74. The van der Waals surface area contributed by atoms with Crippen LogP contribution in [0.5, 0.6) is 5.75 Å². The minimum atomic E-state index is -1.04. The highest BCUT2D eigenvalue weighted by Gasteiger charge is 2.27. The van der Waals surface area contributed by atoms with E-state index in [0.29, 0.717) is 6.42 Å². The molecule has 7 heteroatoms. The van der Waals surface area contributed by atoms with Gasteiger partial charge in [0.25, 0.3) is 0 Å². The molecule has 0 fully saturated rings. The quantitative estimate of drug-likeness (QED) is 0.609. The van der Waals surface area contributed by atoms with Crippen LogP contribution >= 0.6 is 0 Å². The molecule has 1 aromatic rings. The average Bonchev–Trinajstić information content (AvgIpc) is 2.42. The van der Waals surface area contributed by atoms with Crippen molar-refractivity contribution in [3.05, 3.63) is 28.3 Å². The zero-order valence-electron chi connectivity index (χ0n) is 11.7. The number of carboxylic acids is 1. The third-order valence-electron chi connectivity index (χ3n) is 3.12. The molecule has 0 aliphatic carbocycles. The van der Waals surface area contributed by atoms with Crippen LogP contribution in [0.15, 0.2) is 18.2 Å². The van der Waals surface area contributed by atoms with Crippen molar-refractivity contribution in [3.8, 4) is 5.75 Å². The zero-order chi connectivity index (χ0) is 15.3. The summed E-state index contributed by atoms with van der Waals surface area (Å²) in [5.74, 6) is -0.923. The van der Waals surface area contributed by atoms with E-state index in [9.17, 15) is 14.9 Å². The standard InChI is InChI=1S/C13H18N2O5/c1-4-9(2)14(8-12(16)17)10-6-5-7-11(20-3)13(10)15(18)19/h5-7,9H,4,8H2,1-3H3,(H,16,17). The lowest BCUT2D eigenvalue weighted by Crippen LogP contribution is -2.37. The number of methoxy groups -OCH3 is 1. The Morgan fingerprint density at radius 1 is 1.55 bits per heavy atom. The minimum absolute atomic E-state index is 0.117. The number of rotatable bonds is 7. The van der Waals surface area contributed by atoms with Gasteiger partial charge in [-0.1, -0.05) is 13.0 Å². The molecule has 1 rings (SSSR count). The number of anilines is 1. The van der Waals surface area contributed by atoms with Crippen LogP contribution in [0.25, 0.3) is 0 Å². The van der Waals surface area contributed by atoms with Crippen LogP contribution in [0.1, 0.15) is 20.3 Å². The number of ether oxygens (including phenoxy) is 1. The van der Waals surface area contributed by atoms with E-state index in [0.717, 1.165) is 0 Å². The van der Waals surface area contributed by atoms with E-state index in [-0.39, 0.29) is 29.7 Å². The monoisotopic (exact) mass is 282 g/mol. The van der Waals surface area contributed by atoms with Crippen molar-refractivity contribution < 1.29 is 19.6 Å². The maximum Gasteiger partial charge on any atom is 0.333 e. The number of nitrogens with zero attached hydrogens (tertiary/aromatic N) is 2. The van der Waals surface area contributed by atoms with Gasteiger partial charge in [-0.3, -0.25) is 14.9 Å². The highest BCUT2D eigenvalue weighted by Crippen LogP contribution is 2.37. The van der Waals surface area contributed by atoms with E-state index < -0.39 is 10.9 Å². The van der Waals surface area contributed by atoms with Gasteiger partial charge in [0.15, 0.2) is 5.75 Å². The van der Waals surface area contributed by atoms with Crippen LogP contribution in [0, 0.1) is 10.1 Å². The van der Waals surface area contributed by atoms with Crippen molar-refractivity contribution in [3.63, 3.8) is 0 Å². The summed E-state index contributed by atoms with van der Waals surface area (Å²) in [6.07, 6.45) is 0.668. The molecule has 0 aliphatic rings. The summed E-state index contributed by atoms with van der Waals surface area (Å²) in [4.78, 5) is 23.2. The minimum Gasteiger partial charge on any atom is -0.490 e. The van der Waals surface area contributed by atoms with Crippen LogP contribution in [0.4, 0.5) is 11.4 Å². The molecule has 1 atom stereocenters. The molecule has 110 valence electrons. The van der Waals surface area contributed by atoms with Gasteiger partial charge in [0, 0.05) is 6.04 Å². The third-order valence-corrected chi connectivity index (χ3v) is 3.12. The van der Waals surface area contributed by atoms with Crippen molar-refractivity contribution in [2.24, 2.45) is 0 Å². The van der Waals surface area contributed by atoms with E-state index in [4.69, 9.17) is 9.84 Å². The highest BCUT2D eigenvalue weighted by molar-refractivity contribution is 5.78. The summed E-state index contributed by atoms with van der Waals surface area (Å²) in [7, 11) is 1.34. The lowest BCUT2D eigenvalue weighted by molar-refractivity contribution is -0.385. The summed E-state index contributed by atoms with van der Waals surface area (Å²) in [5.41, 5.74) is 0.0441. The smallest absolute Gasteiger partial charge is 0.333 e. The summed E-state index contributed by atoms with van der Waals surface area (Å²) in [6, 6.07) is 4.49. The van der Waals surface area contributed by atoms with Gasteiger partial charge in [-0.2, -0.15) is 0 Å². The van der Waals surface area contributed by atoms with E-state index in [1.54, 1.807) is 6.07 Å². The number of para-hydroxylation sites is 1. The molecule has 0 aromatic heterocycles. The molecule has 7 nitrogen and oxygen atoms in total. The Labute approximate surface area is 116 Å². The summed E-state index contributed by atoms with van der Waals surface area (Å²) < 4.78 is 5.00. The number of benzene rings is 1. The van der Waals surface area contributed by atoms with Crippen molar-refractivity contribution in [2.45, 2.75) is 26.3 Å². The van der Waals surface area contributed by atoms with Crippen LogP contribution in [0.2, 0.25) is 0 Å². The van der Waals surface area contributed by atoms with Gasteiger partial charge >= 0.3 is 11.7 Å². The number of hydrogen-bond acceptors (Lipinski definition) is 5. The van der Waals surface area contributed by atoms with Gasteiger partial charge in [-0.15, -0.1) is 0 Å². The first kappa shape index (κ1) is 15.7. The SMILES string of the molecule is CCC(C)N(CC(=O)O)c1cccc(OC)c1[N+](=O)[O-]. The first-order valence-electron chi connectivity index (χ1n) is 6.22. The predicted molar refractivity (Wildman–Crippen MR) is 74.4 cm³/mol. The van der Waals surface area contributed by atoms with Gasteiger partial charge in [0.2, 0.25) is 0 Å². The summed E-state index contributed by atoms with van der Waals surface area (Å²) >= 11 is 0. The van der Waals surface area contributed by atoms with Crippen molar-refractivity contribution in [1.82, 2.24) is 0 Å². The number of aliphatic carboxylic acids is 1. The molecule has 0 aliphatic heterocycles. The maximum absolute atomic E-state index is 11.3. The third kappa shape index (κ3) is 3.37. The van der Waals surface area contributed by atoms with Gasteiger partial charge in [0.05, 0.1) is 12.0 Å². The zero-order valence-corrected chi connectivity index (χ0v) is 11.7. The maximum atomic E-state index is 11.3. The van der Waals surface area contributed by atoms with Crippen molar-refractivity contribution in [2.75, 3.05) is 18.6 Å². The van der Waals surface area contributed by atoms with E-state index in [1.807, 2.05) is 13.8 Å². The fourth-order valence-corrected chi connectivity index (χ4v) is 1.94. The second-order valence-corrected chi connectivity index (χ2v) is 4.36. The van der Waals surface area contributed by atoms with Crippen LogP contribution in [0.3, 0.4) is 0 Å². The van der Waals surface area contributed by atoms with Crippen LogP contribution in [-0.2, 0) is 4.79 Å². The molecule has 1 aromatic carbocycles. The van der Waals surface area contributed by atoms with Gasteiger partial charge in [-0.25, -0.2) is 0 Å². The highest BCUT2D eigenvalue weighted by atomic mass is 16.6. The molecule has 1 N–H and O–H groups in total. The van der Waals surface area contributed by atoms with E-state index >= 15 is 0 Å². The second-order valence-electron chi connectivity index (χ2n) is 4.36. The molecule has 0 amide bonds. The lowest BCUT2D eigenvalue weighted by Gasteiger charge is -2.28. The Bertz CT molecular complexity index is 504. The Morgan fingerprint density at radius 3 is 2.65 bits per heavy atom. The molecule has 0 saturated heterocycles. The molecule has 0 radical (unpaired) electrons. The summed E-state index contributed by atoms with van der Waals surface area (Å²) in [5, 5.41) is 20.3. The molecule has 0 saturated carbocycles. The molecule has 1 unspecified atom stereocenters. The number of carbonyl (C=O) groups is 1. The Hall–Kier alpha value is -2.31. The van der Waals surface area contributed by atoms with Crippen LogP contribution < -0.4 is 9.64 Å². The molecule has 0 heterocycles. The number of hydrogen-bond donors (Lipinski definition) is 1. The van der Waals surface area contributed by atoms with Crippen molar-refractivity contribution in [1.29, 1.82) is 0 Å². The first-order valence-corrected chi connectivity index (χ1v) is 6.22. The molecular weight excluding hydrogens is 264 g/mol. The Morgan fingerprint density at radius 2 is 2.20 bits per heavy atom. The normalized spacial score (nSPS) is 11.8. The average molecular weight is 282 g/mol. The topological polar surface area (TPSA) is 92.9 Å². The van der Waals surface area contributed by atoms with Gasteiger partial charge in [-0.05, 0) is 25.5 Å². The number of carboxylic acid groups (broad SMARTS) is 1. The van der Waals surface area contributed by atoms with E-state index in [1.165, 1.54) is 24.1 Å². The molecule has 20 heavy (non-hydrogen) atoms. The van der Waals surface area contributed by atoms with Crippen molar-refractivity contribution >= 4 is 17.3 Å². The number of nitro groups is 1. The number of nitro benzene ring substituents is 1. The van der Waals surface area contributed by atoms with Gasteiger partial charge < -0.3 is 14.7 Å². The molecule has 0 bridgehead atoms. The fourth-order valence-electron chi connectivity index (χ4n) is 1.94. The molecule has 0 spiro atoms.